The quantitative estimate of drug-likeness (QED) is 0.854. The van der Waals surface area contributed by atoms with E-state index >= 15 is 0 Å². The number of hydrogen-bond donors (Lipinski definition) is 1. The summed E-state index contributed by atoms with van der Waals surface area (Å²) in [4.78, 5) is 10.7. The van der Waals surface area contributed by atoms with Gasteiger partial charge in [-0.05, 0) is 23.8 Å². The molecule has 1 amide bonds. The normalized spacial score (nSPS) is 9.77. The second-order valence-electron chi connectivity index (χ2n) is 2.62. The number of amides is 1. The lowest BCUT2D eigenvalue weighted by Crippen LogP contribution is -2.05. The molecule has 4 heteroatoms. The summed E-state index contributed by atoms with van der Waals surface area (Å²) in [5.41, 5.74) is 1.15. The Hall–Kier alpha value is -0.900. The molecule has 0 bridgehead atoms. The van der Waals surface area contributed by atoms with Crippen molar-refractivity contribution in [1.29, 1.82) is 0 Å². The van der Waals surface area contributed by atoms with Crippen LogP contribution in [0.15, 0.2) is 22.7 Å². The van der Waals surface area contributed by atoms with Crippen LogP contribution in [0.2, 0.25) is 0 Å². The molecule has 1 N–H and O–H groups in total. The summed E-state index contributed by atoms with van der Waals surface area (Å²) in [5.74, 6) is -0.160. The first-order valence-corrected chi connectivity index (χ1v) is 4.54. The molecule has 1 rings (SSSR count). The van der Waals surface area contributed by atoms with Crippen LogP contribution in [-0.4, -0.2) is 5.91 Å². The fourth-order valence-corrected chi connectivity index (χ4v) is 1.31. The van der Waals surface area contributed by atoms with Gasteiger partial charge in [0, 0.05) is 17.1 Å². The molecule has 0 spiro atoms. The van der Waals surface area contributed by atoms with Gasteiger partial charge in [-0.2, -0.15) is 0 Å². The van der Waals surface area contributed by atoms with Gasteiger partial charge in [0.1, 0.15) is 6.67 Å². The van der Waals surface area contributed by atoms with Crippen LogP contribution in [0.25, 0.3) is 0 Å². The minimum absolute atomic E-state index is 0.160. The molecule has 0 aliphatic carbocycles. The fourth-order valence-electron chi connectivity index (χ4n) is 0.958. The van der Waals surface area contributed by atoms with Gasteiger partial charge in [0.25, 0.3) is 0 Å². The lowest BCUT2D eigenvalue weighted by Gasteiger charge is -2.04. The highest BCUT2D eigenvalue weighted by molar-refractivity contribution is 9.10. The van der Waals surface area contributed by atoms with Crippen LogP contribution in [0.1, 0.15) is 12.5 Å². The number of rotatable bonds is 2. The second-order valence-corrected chi connectivity index (χ2v) is 3.48. The van der Waals surface area contributed by atoms with E-state index < -0.39 is 6.67 Å². The Morgan fingerprint density at radius 3 is 2.85 bits per heavy atom. The van der Waals surface area contributed by atoms with Gasteiger partial charge < -0.3 is 5.32 Å². The SMILES string of the molecule is CC(=O)Nc1ccc(Br)c(CF)c1. The molecule has 0 heterocycles. The van der Waals surface area contributed by atoms with E-state index in [9.17, 15) is 9.18 Å². The molecule has 0 saturated carbocycles. The maximum absolute atomic E-state index is 12.4. The Kier molecular flexibility index (Phi) is 3.42. The van der Waals surface area contributed by atoms with Gasteiger partial charge in [-0.3, -0.25) is 4.79 Å². The van der Waals surface area contributed by atoms with Gasteiger partial charge in [0.05, 0.1) is 0 Å². The molecule has 0 aromatic heterocycles. The van der Waals surface area contributed by atoms with E-state index in [-0.39, 0.29) is 5.91 Å². The number of carbonyl (C=O) groups is 1. The van der Waals surface area contributed by atoms with Crippen molar-refractivity contribution in [3.05, 3.63) is 28.2 Å². The summed E-state index contributed by atoms with van der Waals surface area (Å²) in [6.07, 6.45) is 0. The summed E-state index contributed by atoms with van der Waals surface area (Å²) in [6, 6.07) is 5.02. The molecular weight excluding hydrogens is 237 g/mol. The van der Waals surface area contributed by atoms with Gasteiger partial charge in [0.2, 0.25) is 5.91 Å². The summed E-state index contributed by atoms with van der Waals surface area (Å²) >= 11 is 3.20. The Morgan fingerprint density at radius 2 is 2.31 bits per heavy atom. The molecule has 0 aliphatic heterocycles. The zero-order valence-electron chi connectivity index (χ0n) is 7.10. The van der Waals surface area contributed by atoms with Crippen molar-refractivity contribution in [2.24, 2.45) is 0 Å². The number of nitrogens with one attached hydrogen (secondary N) is 1. The van der Waals surface area contributed by atoms with Gasteiger partial charge in [-0.25, -0.2) is 4.39 Å². The molecule has 0 fully saturated rings. The van der Waals surface area contributed by atoms with Crippen LogP contribution in [-0.2, 0) is 11.5 Å². The standard InChI is InChI=1S/C9H9BrFNO/c1-6(13)12-8-2-3-9(10)7(4-8)5-11/h2-4H,5H2,1H3,(H,12,13). The van der Waals surface area contributed by atoms with Crippen molar-refractivity contribution in [3.63, 3.8) is 0 Å². The van der Waals surface area contributed by atoms with Crippen LogP contribution in [0.3, 0.4) is 0 Å². The summed E-state index contributed by atoms with van der Waals surface area (Å²) in [5, 5.41) is 2.58. The number of hydrogen-bond acceptors (Lipinski definition) is 1. The predicted molar refractivity (Wildman–Crippen MR) is 53.3 cm³/mol. The third kappa shape index (κ3) is 2.81. The molecule has 0 aliphatic rings. The van der Waals surface area contributed by atoms with Crippen LogP contribution in [0.5, 0.6) is 0 Å². The van der Waals surface area contributed by atoms with Crippen molar-refractivity contribution in [1.82, 2.24) is 0 Å². The Balaban J connectivity index is 2.92. The molecule has 13 heavy (non-hydrogen) atoms. The van der Waals surface area contributed by atoms with Crippen LogP contribution < -0.4 is 5.32 Å². The van der Waals surface area contributed by atoms with E-state index in [0.717, 1.165) is 0 Å². The number of anilines is 1. The number of alkyl halides is 1. The maximum Gasteiger partial charge on any atom is 0.221 e. The molecule has 0 atom stereocenters. The molecule has 2 nitrogen and oxygen atoms in total. The summed E-state index contributed by atoms with van der Waals surface area (Å²) in [6.45, 7) is 0.866. The van der Waals surface area contributed by atoms with E-state index in [1.165, 1.54) is 6.92 Å². The van der Waals surface area contributed by atoms with Crippen LogP contribution >= 0.6 is 15.9 Å². The molecular formula is C9H9BrFNO. The predicted octanol–water partition coefficient (Wildman–Crippen LogP) is 2.88. The minimum Gasteiger partial charge on any atom is -0.326 e. The number of benzene rings is 1. The first-order valence-electron chi connectivity index (χ1n) is 3.75. The van der Waals surface area contributed by atoms with Crippen molar-refractivity contribution in [2.45, 2.75) is 13.6 Å². The summed E-state index contributed by atoms with van der Waals surface area (Å²) in [7, 11) is 0. The van der Waals surface area contributed by atoms with Crippen LogP contribution in [0.4, 0.5) is 10.1 Å². The van der Waals surface area contributed by atoms with Gasteiger partial charge in [-0.15, -0.1) is 0 Å². The van der Waals surface area contributed by atoms with Gasteiger partial charge >= 0.3 is 0 Å². The van der Waals surface area contributed by atoms with E-state index in [1.807, 2.05) is 0 Å². The highest BCUT2D eigenvalue weighted by Gasteiger charge is 2.01. The van der Waals surface area contributed by atoms with E-state index in [4.69, 9.17) is 0 Å². The number of carbonyl (C=O) groups excluding carboxylic acids is 1. The highest BCUT2D eigenvalue weighted by Crippen LogP contribution is 2.21. The largest absolute Gasteiger partial charge is 0.326 e. The molecule has 1 aromatic carbocycles. The van der Waals surface area contributed by atoms with E-state index in [2.05, 4.69) is 21.2 Å². The van der Waals surface area contributed by atoms with Crippen molar-refractivity contribution < 1.29 is 9.18 Å². The zero-order valence-corrected chi connectivity index (χ0v) is 8.69. The molecule has 0 unspecified atom stereocenters. The Bertz CT molecular complexity index is 327. The molecule has 70 valence electrons. The van der Waals surface area contributed by atoms with Crippen molar-refractivity contribution in [3.8, 4) is 0 Å². The number of halogens is 2. The topological polar surface area (TPSA) is 29.1 Å². The smallest absolute Gasteiger partial charge is 0.221 e. The fraction of sp³-hybridized carbons (Fsp3) is 0.222. The lowest BCUT2D eigenvalue weighted by atomic mass is 10.2. The highest BCUT2D eigenvalue weighted by atomic mass is 79.9. The monoisotopic (exact) mass is 245 g/mol. The third-order valence-corrected chi connectivity index (χ3v) is 2.28. The average Bonchev–Trinajstić information content (AvgIpc) is 2.07. The Morgan fingerprint density at radius 1 is 1.62 bits per heavy atom. The molecule has 0 saturated heterocycles. The first kappa shape index (κ1) is 10.2. The molecule has 0 radical (unpaired) electrons. The third-order valence-electron chi connectivity index (χ3n) is 1.51. The Labute approximate surface area is 84.3 Å². The average molecular weight is 246 g/mol. The zero-order chi connectivity index (χ0) is 9.84. The lowest BCUT2D eigenvalue weighted by molar-refractivity contribution is -0.114. The van der Waals surface area contributed by atoms with Gasteiger partial charge in [-0.1, -0.05) is 15.9 Å². The van der Waals surface area contributed by atoms with Crippen LogP contribution in [0, 0.1) is 0 Å². The molecule has 1 aromatic rings. The first-order chi connectivity index (χ1) is 6.13. The minimum atomic E-state index is -0.548. The summed E-state index contributed by atoms with van der Waals surface area (Å²) < 4.78 is 13.1. The van der Waals surface area contributed by atoms with Gasteiger partial charge in [0.15, 0.2) is 0 Å². The second kappa shape index (κ2) is 4.37. The van der Waals surface area contributed by atoms with E-state index in [1.54, 1.807) is 18.2 Å². The van der Waals surface area contributed by atoms with Crippen molar-refractivity contribution >= 4 is 27.5 Å². The van der Waals surface area contributed by atoms with Crippen molar-refractivity contribution in [2.75, 3.05) is 5.32 Å². The maximum atomic E-state index is 12.4. The van der Waals surface area contributed by atoms with E-state index in [0.29, 0.717) is 15.7 Å².